The SMILES string of the molecule is Cc1nnc(SCC(=O)N2CCc3cc(S(=O)(=O)N4CCCCC4)ccc32)n1-c1ccccc1. The molecule has 2 aliphatic rings. The summed E-state index contributed by atoms with van der Waals surface area (Å²) in [6, 6.07) is 15.0. The van der Waals surface area contributed by atoms with Gasteiger partial charge in [0, 0.05) is 31.0 Å². The fourth-order valence-electron chi connectivity index (χ4n) is 4.57. The summed E-state index contributed by atoms with van der Waals surface area (Å²) in [6.07, 6.45) is 3.53. The van der Waals surface area contributed by atoms with E-state index in [-0.39, 0.29) is 11.7 Å². The second-order valence-electron chi connectivity index (χ2n) is 8.54. The summed E-state index contributed by atoms with van der Waals surface area (Å²) in [4.78, 5) is 15.2. The highest BCUT2D eigenvalue weighted by Crippen LogP contribution is 2.33. The van der Waals surface area contributed by atoms with Crippen molar-refractivity contribution in [3.8, 4) is 5.69 Å². The fourth-order valence-corrected chi connectivity index (χ4v) is 7.01. The Balaban J connectivity index is 1.30. The number of aryl methyl sites for hydroxylation is 1. The van der Waals surface area contributed by atoms with Gasteiger partial charge in [-0.1, -0.05) is 36.4 Å². The number of aromatic nitrogens is 3. The first-order chi connectivity index (χ1) is 16.4. The van der Waals surface area contributed by atoms with Crippen LogP contribution in [0.4, 0.5) is 5.69 Å². The van der Waals surface area contributed by atoms with E-state index in [1.54, 1.807) is 27.4 Å². The van der Waals surface area contributed by atoms with E-state index in [9.17, 15) is 13.2 Å². The number of amides is 1. The molecule has 0 unspecified atom stereocenters. The Morgan fingerprint density at radius 3 is 2.53 bits per heavy atom. The van der Waals surface area contributed by atoms with Crippen LogP contribution in [0.15, 0.2) is 58.6 Å². The highest BCUT2D eigenvalue weighted by Gasteiger charge is 2.30. The first kappa shape index (κ1) is 23.1. The Morgan fingerprint density at radius 1 is 1.00 bits per heavy atom. The van der Waals surface area contributed by atoms with Gasteiger partial charge in [0.05, 0.1) is 10.6 Å². The molecule has 2 aromatic carbocycles. The summed E-state index contributed by atoms with van der Waals surface area (Å²) in [5.41, 5.74) is 2.65. The van der Waals surface area contributed by atoms with Crippen molar-refractivity contribution in [2.45, 2.75) is 42.7 Å². The standard InChI is InChI=1S/C24H27N5O3S2/c1-18-25-26-24(29(18)20-8-4-2-5-9-20)33-17-23(30)28-15-12-19-16-21(10-11-22(19)28)34(31,32)27-13-6-3-7-14-27/h2,4-5,8-11,16H,3,6-7,12-15,17H2,1H3. The summed E-state index contributed by atoms with van der Waals surface area (Å²) in [5.74, 6) is 0.948. The van der Waals surface area contributed by atoms with Crippen molar-refractivity contribution in [3.63, 3.8) is 0 Å². The van der Waals surface area contributed by atoms with Crippen LogP contribution in [0.2, 0.25) is 0 Å². The monoisotopic (exact) mass is 497 g/mol. The lowest BCUT2D eigenvalue weighted by Crippen LogP contribution is -2.35. The van der Waals surface area contributed by atoms with Crippen molar-refractivity contribution in [1.82, 2.24) is 19.1 Å². The zero-order chi connectivity index (χ0) is 23.7. The number of fused-ring (bicyclic) bond motifs is 1. The molecule has 0 spiro atoms. The molecule has 0 N–H and O–H groups in total. The molecule has 8 nitrogen and oxygen atoms in total. The van der Waals surface area contributed by atoms with E-state index in [4.69, 9.17) is 0 Å². The van der Waals surface area contributed by atoms with Gasteiger partial charge in [-0.2, -0.15) is 4.31 Å². The van der Waals surface area contributed by atoms with E-state index >= 15 is 0 Å². The largest absolute Gasteiger partial charge is 0.311 e. The number of hydrogen-bond donors (Lipinski definition) is 0. The number of thioether (sulfide) groups is 1. The third-order valence-corrected chi connectivity index (χ3v) is 9.14. The van der Waals surface area contributed by atoms with Crippen LogP contribution in [-0.4, -0.2) is 58.8 Å². The molecule has 2 aliphatic heterocycles. The number of rotatable bonds is 6. The van der Waals surface area contributed by atoms with Crippen molar-refractivity contribution >= 4 is 33.4 Å². The molecule has 5 rings (SSSR count). The number of benzene rings is 2. The van der Waals surface area contributed by atoms with Crippen molar-refractivity contribution < 1.29 is 13.2 Å². The maximum atomic E-state index is 13.1. The summed E-state index contributed by atoms with van der Waals surface area (Å²) < 4.78 is 29.6. The minimum absolute atomic E-state index is 0.0318. The molecule has 3 heterocycles. The molecule has 3 aromatic rings. The van der Waals surface area contributed by atoms with Gasteiger partial charge >= 0.3 is 0 Å². The molecule has 10 heteroatoms. The van der Waals surface area contributed by atoms with Crippen molar-refractivity contribution in [3.05, 3.63) is 59.9 Å². The predicted octanol–water partition coefficient (Wildman–Crippen LogP) is 3.43. The number of para-hydroxylation sites is 1. The average molecular weight is 498 g/mol. The molecule has 1 fully saturated rings. The van der Waals surface area contributed by atoms with Crippen LogP contribution in [0.3, 0.4) is 0 Å². The van der Waals surface area contributed by atoms with Gasteiger partial charge in [0.2, 0.25) is 15.9 Å². The molecule has 0 bridgehead atoms. The number of nitrogens with zero attached hydrogens (tertiary/aromatic N) is 5. The van der Waals surface area contributed by atoms with Gasteiger partial charge in [0.25, 0.3) is 0 Å². The number of hydrogen-bond acceptors (Lipinski definition) is 6. The third-order valence-electron chi connectivity index (χ3n) is 6.33. The van der Waals surface area contributed by atoms with Gasteiger partial charge in [-0.05, 0) is 62.1 Å². The van der Waals surface area contributed by atoms with Crippen LogP contribution >= 0.6 is 11.8 Å². The number of carbonyl (C=O) groups is 1. The van der Waals surface area contributed by atoms with Crippen LogP contribution < -0.4 is 4.90 Å². The molecule has 1 saturated heterocycles. The third kappa shape index (κ3) is 4.37. The maximum Gasteiger partial charge on any atom is 0.243 e. The second-order valence-corrected chi connectivity index (χ2v) is 11.4. The van der Waals surface area contributed by atoms with E-state index in [1.165, 1.54) is 11.8 Å². The van der Waals surface area contributed by atoms with Gasteiger partial charge in [-0.3, -0.25) is 9.36 Å². The van der Waals surface area contributed by atoms with Gasteiger partial charge in [0.1, 0.15) is 5.82 Å². The minimum atomic E-state index is -3.49. The molecule has 0 saturated carbocycles. The van der Waals surface area contributed by atoms with Crippen LogP contribution in [0, 0.1) is 6.92 Å². The van der Waals surface area contributed by atoms with Gasteiger partial charge in [0.15, 0.2) is 5.16 Å². The molecule has 1 amide bonds. The summed E-state index contributed by atoms with van der Waals surface area (Å²) in [7, 11) is -3.49. The van der Waals surface area contributed by atoms with Crippen molar-refractivity contribution in [1.29, 1.82) is 0 Å². The van der Waals surface area contributed by atoms with E-state index in [0.717, 1.165) is 42.0 Å². The second kappa shape index (κ2) is 9.52. The highest BCUT2D eigenvalue weighted by atomic mass is 32.2. The Morgan fingerprint density at radius 2 is 1.76 bits per heavy atom. The Hall–Kier alpha value is -2.69. The Kier molecular flexibility index (Phi) is 6.46. The average Bonchev–Trinajstić information content (AvgIpc) is 3.46. The van der Waals surface area contributed by atoms with Gasteiger partial charge in [-0.15, -0.1) is 10.2 Å². The lowest BCUT2D eigenvalue weighted by atomic mass is 10.2. The van der Waals surface area contributed by atoms with E-state index < -0.39 is 10.0 Å². The maximum absolute atomic E-state index is 13.1. The topological polar surface area (TPSA) is 88.4 Å². The zero-order valence-corrected chi connectivity index (χ0v) is 20.7. The number of anilines is 1. The van der Waals surface area contributed by atoms with Crippen LogP contribution in [0.25, 0.3) is 5.69 Å². The Labute approximate surface area is 204 Å². The number of piperidine rings is 1. The quantitative estimate of drug-likeness (QED) is 0.485. The first-order valence-electron chi connectivity index (χ1n) is 11.5. The molecule has 0 atom stereocenters. The lowest BCUT2D eigenvalue weighted by Gasteiger charge is -2.26. The molecular weight excluding hydrogens is 470 g/mol. The number of sulfonamides is 1. The van der Waals surface area contributed by atoms with Crippen LogP contribution in [0.5, 0.6) is 0 Å². The molecule has 0 radical (unpaired) electrons. The van der Waals surface area contributed by atoms with E-state index in [2.05, 4.69) is 10.2 Å². The molecule has 34 heavy (non-hydrogen) atoms. The zero-order valence-electron chi connectivity index (χ0n) is 19.1. The van der Waals surface area contributed by atoms with Gasteiger partial charge < -0.3 is 4.90 Å². The minimum Gasteiger partial charge on any atom is -0.311 e. The van der Waals surface area contributed by atoms with E-state index in [0.29, 0.717) is 36.1 Å². The molecule has 0 aliphatic carbocycles. The first-order valence-corrected chi connectivity index (χ1v) is 13.9. The van der Waals surface area contributed by atoms with E-state index in [1.807, 2.05) is 41.8 Å². The highest BCUT2D eigenvalue weighted by molar-refractivity contribution is 7.99. The summed E-state index contributed by atoms with van der Waals surface area (Å²) in [5, 5.41) is 9.10. The van der Waals surface area contributed by atoms with Crippen LogP contribution in [0.1, 0.15) is 30.7 Å². The fraction of sp³-hybridized carbons (Fsp3) is 0.375. The summed E-state index contributed by atoms with van der Waals surface area (Å²) >= 11 is 1.35. The molecule has 1 aromatic heterocycles. The Bertz CT molecular complexity index is 1300. The van der Waals surface area contributed by atoms with Crippen LogP contribution in [-0.2, 0) is 21.2 Å². The lowest BCUT2D eigenvalue weighted by molar-refractivity contribution is -0.116. The number of carbonyl (C=O) groups excluding carboxylic acids is 1. The predicted molar refractivity (Wildman–Crippen MR) is 132 cm³/mol. The summed E-state index contributed by atoms with van der Waals surface area (Å²) in [6.45, 7) is 3.59. The van der Waals surface area contributed by atoms with Crippen molar-refractivity contribution in [2.24, 2.45) is 0 Å². The van der Waals surface area contributed by atoms with Gasteiger partial charge in [-0.25, -0.2) is 8.42 Å². The molecular formula is C24H27N5O3S2. The molecule has 178 valence electrons. The smallest absolute Gasteiger partial charge is 0.243 e. The normalized spacial score (nSPS) is 16.6. The van der Waals surface area contributed by atoms with Crippen molar-refractivity contribution in [2.75, 3.05) is 30.3 Å².